The van der Waals surface area contributed by atoms with Gasteiger partial charge in [-0.1, -0.05) is 11.6 Å². The summed E-state index contributed by atoms with van der Waals surface area (Å²) < 4.78 is 0.880. The van der Waals surface area contributed by atoms with Crippen molar-refractivity contribution in [3.8, 4) is 0 Å². The average molecular weight is 347 g/mol. The second-order valence-corrected chi connectivity index (χ2v) is 6.01. The van der Waals surface area contributed by atoms with Gasteiger partial charge in [0.25, 0.3) is 0 Å². The maximum atomic E-state index is 10.7. The third-order valence-electron chi connectivity index (χ3n) is 2.26. The summed E-state index contributed by atoms with van der Waals surface area (Å²) in [5.74, 6) is -0.890. The molecule has 0 saturated heterocycles. The number of hydrogen-bond donors (Lipinski definition) is 2. The van der Waals surface area contributed by atoms with Crippen LogP contribution in [0.5, 0.6) is 0 Å². The minimum Gasteiger partial charge on any atom is -0.477 e. The first kappa shape index (κ1) is 13.4. The summed E-state index contributed by atoms with van der Waals surface area (Å²) in [7, 11) is 0. The summed E-state index contributed by atoms with van der Waals surface area (Å²) in [5.41, 5.74) is 0.921. The number of halogens is 2. The van der Waals surface area contributed by atoms with Crippen LogP contribution >= 0.6 is 38.9 Å². The summed E-state index contributed by atoms with van der Waals surface area (Å²) in [6, 6.07) is 8.90. The molecule has 1 aromatic heterocycles. The van der Waals surface area contributed by atoms with E-state index in [0.29, 0.717) is 16.4 Å². The third kappa shape index (κ3) is 3.25. The Labute approximate surface area is 122 Å². The van der Waals surface area contributed by atoms with Gasteiger partial charge in [-0.2, -0.15) is 0 Å². The van der Waals surface area contributed by atoms with Gasteiger partial charge in [0, 0.05) is 26.6 Å². The molecule has 0 saturated carbocycles. The monoisotopic (exact) mass is 345 g/mol. The molecule has 2 rings (SSSR count). The van der Waals surface area contributed by atoms with Crippen LogP contribution in [0.25, 0.3) is 0 Å². The van der Waals surface area contributed by atoms with Gasteiger partial charge in [-0.15, -0.1) is 11.3 Å². The predicted octanol–water partition coefficient (Wildman–Crippen LogP) is 4.47. The van der Waals surface area contributed by atoms with Crippen molar-refractivity contribution in [2.75, 3.05) is 5.32 Å². The lowest BCUT2D eigenvalue weighted by atomic mass is 10.3. The number of carboxylic acids is 1. The van der Waals surface area contributed by atoms with Gasteiger partial charge >= 0.3 is 5.97 Å². The van der Waals surface area contributed by atoms with Crippen molar-refractivity contribution in [2.24, 2.45) is 0 Å². The fourth-order valence-corrected chi connectivity index (χ4v) is 3.01. The van der Waals surface area contributed by atoms with Crippen molar-refractivity contribution in [2.45, 2.75) is 6.54 Å². The lowest BCUT2D eigenvalue weighted by Gasteiger charge is -2.07. The van der Waals surface area contributed by atoms with Gasteiger partial charge in [0.15, 0.2) is 0 Å². The molecular weight excluding hydrogens is 338 g/mol. The quantitative estimate of drug-likeness (QED) is 0.858. The lowest BCUT2D eigenvalue weighted by molar-refractivity contribution is 0.0702. The van der Waals surface area contributed by atoms with Gasteiger partial charge in [0.1, 0.15) is 4.88 Å². The van der Waals surface area contributed by atoms with Gasteiger partial charge < -0.3 is 10.4 Å². The first-order valence-electron chi connectivity index (χ1n) is 5.07. The Kier molecular flexibility index (Phi) is 4.27. The number of thiophene rings is 1. The number of hydrogen-bond acceptors (Lipinski definition) is 3. The normalized spacial score (nSPS) is 10.3. The first-order chi connectivity index (χ1) is 8.56. The second-order valence-electron chi connectivity index (χ2n) is 3.55. The maximum absolute atomic E-state index is 10.7. The fraction of sp³-hybridized carbons (Fsp3) is 0.0833. The SMILES string of the molecule is O=C(O)c1ccc(CNc2ccc(Cl)cc2Br)s1. The van der Waals surface area contributed by atoms with Crippen LogP contribution in [-0.4, -0.2) is 11.1 Å². The van der Waals surface area contributed by atoms with E-state index < -0.39 is 5.97 Å². The van der Waals surface area contributed by atoms with E-state index in [1.54, 1.807) is 18.2 Å². The van der Waals surface area contributed by atoms with Gasteiger partial charge in [-0.25, -0.2) is 4.79 Å². The van der Waals surface area contributed by atoms with Crippen LogP contribution in [0.1, 0.15) is 14.5 Å². The molecule has 0 atom stereocenters. The van der Waals surface area contributed by atoms with Gasteiger partial charge in [0.05, 0.1) is 0 Å². The number of carbonyl (C=O) groups is 1. The van der Waals surface area contributed by atoms with Gasteiger partial charge in [-0.3, -0.25) is 0 Å². The van der Waals surface area contributed by atoms with Crippen LogP contribution in [0.15, 0.2) is 34.8 Å². The summed E-state index contributed by atoms with van der Waals surface area (Å²) in [6.45, 7) is 0.582. The zero-order chi connectivity index (χ0) is 13.1. The number of anilines is 1. The highest BCUT2D eigenvalue weighted by molar-refractivity contribution is 9.10. The largest absolute Gasteiger partial charge is 0.477 e. The van der Waals surface area contributed by atoms with Crippen molar-refractivity contribution in [1.82, 2.24) is 0 Å². The van der Waals surface area contributed by atoms with Crippen molar-refractivity contribution >= 4 is 50.5 Å². The molecule has 6 heteroatoms. The molecule has 0 aliphatic heterocycles. The lowest BCUT2D eigenvalue weighted by Crippen LogP contribution is -1.98. The van der Waals surface area contributed by atoms with Crippen LogP contribution in [-0.2, 0) is 6.54 Å². The zero-order valence-corrected chi connectivity index (χ0v) is 12.3. The molecule has 2 aromatic rings. The first-order valence-corrected chi connectivity index (χ1v) is 7.06. The van der Waals surface area contributed by atoms with Crippen molar-refractivity contribution in [3.63, 3.8) is 0 Å². The van der Waals surface area contributed by atoms with Crippen molar-refractivity contribution in [1.29, 1.82) is 0 Å². The number of rotatable bonds is 4. The number of nitrogens with one attached hydrogen (secondary N) is 1. The maximum Gasteiger partial charge on any atom is 0.345 e. The predicted molar refractivity (Wildman–Crippen MR) is 77.8 cm³/mol. The molecule has 0 unspecified atom stereocenters. The van der Waals surface area contributed by atoms with Crippen molar-refractivity contribution in [3.05, 3.63) is 49.6 Å². The molecule has 94 valence electrons. The van der Waals surface area contributed by atoms with Crippen LogP contribution < -0.4 is 5.32 Å². The summed E-state index contributed by atoms with van der Waals surface area (Å²) in [5, 5.41) is 12.7. The smallest absolute Gasteiger partial charge is 0.345 e. The Morgan fingerprint density at radius 2 is 2.17 bits per heavy atom. The Hall–Kier alpha value is -1.04. The van der Waals surface area contributed by atoms with E-state index in [2.05, 4.69) is 21.2 Å². The molecule has 0 bridgehead atoms. The molecule has 0 amide bonds. The molecule has 0 radical (unpaired) electrons. The number of benzene rings is 1. The van der Waals surface area contributed by atoms with E-state index in [4.69, 9.17) is 16.7 Å². The molecule has 2 N–H and O–H groups in total. The molecule has 18 heavy (non-hydrogen) atoms. The minimum absolute atomic E-state index is 0.349. The second kappa shape index (κ2) is 5.73. The van der Waals surface area contributed by atoms with E-state index in [9.17, 15) is 4.79 Å². The Morgan fingerprint density at radius 1 is 1.39 bits per heavy atom. The highest BCUT2D eigenvalue weighted by atomic mass is 79.9. The molecule has 3 nitrogen and oxygen atoms in total. The highest BCUT2D eigenvalue weighted by Gasteiger charge is 2.07. The summed E-state index contributed by atoms with van der Waals surface area (Å²) in [4.78, 5) is 12.1. The van der Waals surface area contributed by atoms with Crippen LogP contribution in [0.3, 0.4) is 0 Å². The standard InChI is InChI=1S/C12H9BrClNO2S/c13-9-5-7(14)1-3-10(9)15-6-8-2-4-11(18-8)12(16)17/h1-5,15H,6H2,(H,16,17). The summed E-state index contributed by atoms with van der Waals surface area (Å²) in [6.07, 6.45) is 0. The highest BCUT2D eigenvalue weighted by Crippen LogP contribution is 2.27. The van der Waals surface area contributed by atoms with E-state index in [1.807, 2.05) is 12.1 Å². The van der Waals surface area contributed by atoms with Crippen LogP contribution in [0.2, 0.25) is 5.02 Å². The van der Waals surface area contributed by atoms with Crippen LogP contribution in [0.4, 0.5) is 5.69 Å². The molecule has 1 heterocycles. The topological polar surface area (TPSA) is 49.3 Å². The molecule has 0 aliphatic rings. The number of aromatic carboxylic acids is 1. The number of carboxylic acid groups (broad SMARTS) is 1. The zero-order valence-electron chi connectivity index (χ0n) is 9.11. The molecule has 1 aromatic carbocycles. The minimum atomic E-state index is -0.890. The molecule has 0 spiro atoms. The van der Waals surface area contributed by atoms with Gasteiger partial charge in [0.2, 0.25) is 0 Å². The fourth-order valence-electron chi connectivity index (χ4n) is 1.40. The van der Waals surface area contributed by atoms with Crippen molar-refractivity contribution < 1.29 is 9.90 Å². The Balaban J connectivity index is 2.04. The van der Waals surface area contributed by atoms with Crippen LogP contribution in [0, 0.1) is 0 Å². The Morgan fingerprint density at radius 3 is 2.78 bits per heavy atom. The van der Waals surface area contributed by atoms with E-state index in [-0.39, 0.29) is 0 Å². The average Bonchev–Trinajstić information content (AvgIpc) is 2.76. The molecule has 0 aliphatic carbocycles. The van der Waals surface area contributed by atoms with Gasteiger partial charge in [-0.05, 0) is 46.3 Å². The molecular formula is C12H9BrClNO2S. The van der Waals surface area contributed by atoms with E-state index in [0.717, 1.165) is 15.0 Å². The third-order valence-corrected chi connectivity index (χ3v) is 4.22. The summed E-state index contributed by atoms with van der Waals surface area (Å²) >= 11 is 10.5. The van der Waals surface area contributed by atoms with E-state index in [1.165, 1.54) is 11.3 Å². The van der Waals surface area contributed by atoms with E-state index >= 15 is 0 Å². The Bertz CT molecular complexity index is 585. The molecule has 0 fully saturated rings.